The van der Waals surface area contributed by atoms with Gasteiger partial charge in [0.05, 0.1) is 11.7 Å². The van der Waals surface area contributed by atoms with Crippen molar-refractivity contribution in [2.75, 3.05) is 0 Å². The summed E-state index contributed by atoms with van der Waals surface area (Å²) in [6, 6.07) is 0. The van der Waals surface area contributed by atoms with Crippen molar-refractivity contribution in [1.82, 2.24) is 0 Å². The number of carbonyl (C=O) groups excluding carboxylic acids is 1. The van der Waals surface area contributed by atoms with Crippen molar-refractivity contribution in [2.45, 2.75) is 57.0 Å². The maximum absolute atomic E-state index is 11.6. The molecule has 5 heteroatoms. The van der Waals surface area contributed by atoms with Crippen LogP contribution in [-0.2, 0) is 9.53 Å². The van der Waals surface area contributed by atoms with Crippen LogP contribution >= 0.6 is 0 Å². The molecule has 2 aliphatic rings. The van der Waals surface area contributed by atoms with Gasteiger partial charge in [-0.15, -0.1) is 0 Å². The molecule has 0 spiro atoms. The molecule has 0 amide bonds. The van der Waals surface area contributed by atoms with Gasteiger partial charge < -0.3 is 20.1 Å². The van der Waals surface area contributed by atoms with Gasteiger partial charge in [-0.2, -0.15) is 0 Å². The third kappa shape index (κ3) is 1.99. The van der Waals surface area contributed by atoms with E-state index in [1.165, 1.54) is 0 Å². The predicted molar refractivity (Wildman–Crippen MR) is 58.8 cm³/mol. The molecule has 0 saturated heterocycles. The summed E-state index contributed by atoms with van der Waals surface area (Å²) >= 11 is 0. The lowest BCUT2D eigenvalue weighted by molar-refractivity contribution is -0.184. The van der Waals surface area contributed by atoms with Gasteiger partial charge in [-0.3, -0.25) is 0 Å². The van der Waals surface area contributed by atoms with Gasteiger partial charge in [0.15, 0.2) is 0 Å². The third-order valence-electron chi connectivity index (χ3n) is 3.50. The number of unbranched alkanes of at least 4 members (excludes halogenated alkanes) is 1. The van der Waals surface area contributed by atoms with E-state index in [1.807, 2.05) is 6.92 Å². The van der Waals surface area contributed by atoms with Crippen LogP contribution in [0.5, 0.6) is 0 Å². The molecular formula is C12H18O5. The Morgan fingerprint density at radius 1 is 1.47 bits per heavy atom. The zero-order valence-electron chi connectivity index (χ0n) is 9.85. The lowest BCUT2D eigenvalue weighted by Gasteiger charge is -2.28. The Morgan fingerprint density at radius 3 is 2.82 bits per heavy atom. The first-order chi connectivity index (χ1) is 7.99. The summed E-state index contributed by atoms with van der Waals surface area (Å²) in [5, 5.41) is 29.6. The highest BCUT2D eigenvalue weighted by atomic mass is 16.7. The molecule has 0 aromatic carbocycles. The minimum Gasteiger partial charge on any atom is -0.426 e. The molecule has 17 heavy (non-hydrogen) atoms. The van der Waals surface area contributed by atoms with Gasteiger partial charge in [-0.05, 0) is 19.3 Å². The summed E-state index contributed by atoms with van der Waals surface area (Å²) in [5.41, 5.74) is 0.510. The number of aliphatic hydroxyl groups is 3. The van der Waals surface area contributed by atoms with E-state index in [4.69, 9.17) is 4.74 Å². The Hall–Kier alpha value is -0.910. The van der Waals surface area contributed by atoms with Gasteiger partial charge in [0.1, 0.15) is 6.10 Å². The molecule has 1 aliphatic heterocycles. The standard InChI is InChI=1S/C12H18O5/c1-2-3-6-12(16)7-4-5-8(13)10(14)9(7)11(15)17-12/h8,10,13-14,16H,2-6H2,1H3/t8-,10+,12-/m0/s1. The van der Waals surface area contributed by atoms with Crippen LogP contribution in [0.4, 0.5) is 0 Å². The van der Waals surface area contributed by atoms with Crippen LogP contribution in [-0.4, -0.2) is 39.3 Å². The molecule has 0 saturated carbocycles. The second-order valence-electron chi connectivity index (χ2n) is 4.72. The van der Waals surface area contributed by atoms with Crippen molar-refractivity contribution in [3.8, 4) is 0 Å². The van der Waals surface area contributed by atoms with Crippen LogP contribution in [0.15, 0.2) is 11.1 Å². The fraction of sp³-hybridized carbons (Fsp3) is 0.750. The van der Waals surface area contributed by atoms with Crippen LogP contribution in [0.2, 0.25) is 0 Å². The van der Waals surface area contributed by atoms with Crippen LogP contribution in [0.1, 0.15) is 39.0 Å². The Bertz CT molecular complexity index is 362. The molecule has 0 radical (unpaired) electrons. The highest BCUT2D eigenvalue weighted by Gasteiger charge is 2.50. The van der Waals surface area contributed by atoms with Crippen molar-refractivity contribution >= 4 is 5.97 Å². The topological polar surface area (TPSA) is 87.0 Å². The lowest BCUT2D eigenvalue weighted by atomic mass is 9.84. The third-order valence-corrected chi connectivity index (χ3v) is 3.50. The fourth-order valence-corrected chi connectivity index (χ4v) is 2.49. The molecule has 0 aromatic rings. The van der Waals surface area contributed by atoms with E-state index in [2.05, 4.69) is 0 Å². The number of carbonyl (C=O) groups is 1. The zero-order chi connectivity index (χ0) is 12.6. The fourth-order valence-electron chi connectivity index (χ4n) is 2.49. The molecule has 0 bridgehead atoms. The van der Waals surface area contributed by atoms with E-state index < -0.39 is 24.0 Å². The minimum absolute atomic E-state index is 0.0577. The quantitative estimate of drug-likeness (QED) is 0.617. The van der Waals surface area contributed by atoms with E-state index in [0.717, 1.165) is 12.8 Å². The summed E-state index contributed by atoms with van der Waals surface area (Å²) < 4.78 is 4.99. The largest absolute Gasteiger partial charge is 0.426 e. The van der Waals surface area contributed by atoms with Crippen molar-refractivity contribution in [3.05, 3.63) is 11.1 Å². The maximum atomic E-state index is 11.6. The number of esters is 1. The van der Waals surface area contributed by atoms with Gasteiger partial charge in [-0.1, -0.05) is 13.3 Å². The molecule has 0 aromatic heterocycles. The average Bonchev–Trinajstić information content (AvgIpc) is 2.54. The Balaban J connectivity index is 2.30. The van der Waals surface area contributed by atoms with E-state index in [-0.39, 0.29) is 5.57 Å². The summed E-state index contributed by atoms with van der Waals surface area (Å²) in [7, 11) is 0. The van der Waals surface area contributed by atoms with Gasteiger partial charge in [0.25, 0.3) is 0 Å². The van der Waals surface area contributed by atoms with E-state index >= 15 is 0 Å². The smallest absolute Gasteiger partial charge is 0.339 e. The Morgan fingerprint density at radius 2 is 2.18 bits per heavy atom. The SMILES string of the molecule is CCCC[C@]1(O)OC(=O)C2=C1CC[C@H](O)[C@H]2O. The summed E-state index contributed by atoms with van der Waals surface area (Å²) in [6.45, 7) is 1.98. The summed E-state index contributed by atoms with van der Waals surface area (Å²) in [6.07, 6.45) is 0.505. The molecule has 2 rings (SSSR count). The van der Waals surface area contributed by atoms with Crippen LogP contribution < -0.4 is 0 Å². The number of hydrogen-bond donors (Lipinski definition) is 3. The van der Waals surface area contributed by atoms with Crippen molar-refractivity contribution in [2.24, 2.45) is 0 Å². The molecule has 1 aliphatic carbocycles. The maximum Gasteiger partial charge on any atom is 0.339 e. The van der Waals surface area contributed by atoms with E-state index in [9.17, 15) is 20.1 Å². The van der Waals surface area contributed by atoms with Crippen LogP contribution in [0.3, 0.4) is 0 Å². The highest BCUT2D eigenvalue weighted by molar-refractivity contribution is 5.94. The number of ether oxygens (including phenoxy) is 1. The molecule has 96 valence electrons. The predicted octanol–water partition coefficient (Wildman–Crippen LogP) is 0.234. The van der Waals surface area contributed by atoms with E-state index in [0.29, 0.717) is 24.8 Å². The van der Waals surface area contributed by atoms with Crippen molar-refractivity contribution in [1.29, 1.82) is 0 Å². The van der Waals surface area contributed by atoms with Crippen molar-refractivity contribution in [3.63, 3.8) is 0 Å². The number of aliphatic hydroxyl groups excluding tert-OH is 2. The van der Waals surface area contributed by atoms with Crippen molar-refractivity contribution < 1.29 is 24.9 Å². The molecule has 5 nitrogen and oxygen atoms in total. The van der Waals surface area contributed by atoms with Crippen LogP contribution in [0.25, 0.3) is 0 Å². The number of cyclic esters (lactones) is 1. The molecule has 0 unspecified atom stereocenters. The Labute approximate surface area is 99.7 Å². The second-order valence-corrected chi connectivity index (χ2v) is 4.72. The van der Waals surface area contributed by atoms with Gasteiger partial charge >= 0.3 is 5.97 Å². The summed E-state index contributed by atoms with van der Waals surface area (Å²) in [4.78, 5) is 11.6. The van der Waals surface area contributed by atoms with Crippen LogP contribution in [0, 0.1) is 0 Å². The second kappa shape index (κ2) is 4.40. The first kappa shape index (κ1) is 12.5. The summed E-state index contributed by atoms with van der Waals surface area (Å²) in [5.74, 6) is -2.27. The first-order valence-electron chi connectivity index (χ1n) is 6.05. The zero-order valence-corrected chi connectivity index (χ0v) is 9.85. The molecule has 1 heterocycles. The molecule has 0 fully saturated rings. The van der Waals surface area contributed by atoms with Gasteiger partial charge in [0.2, 0.25) is 5.79 Å². The monoisotopic (exact) mass is 242 g/mol. The average molecular weight is 242 g/mol. The molecule has 3 atom stereocenters. The molecule has 3 N–H and O–H groups in total. The minimum atomic E-state index is -1.57. The van der Waals surface area contributed by atoms with Gasteiger partial charge in [0, 0.05) is 12.0 Å². The van der Waals surface area contributed by atoms with Gasteiger partial charge in [-0.25, -0.2) is 4.79 Å². The normalized spacial score (nSPS) is 37.1. The van der Waals surface area contributed by atoms with E-state index in [1.54, 1.807) is 0 Å². The molecular weight excluding hydrogens is 224 g/mol. The Kier molecular flexibility index (Phi) is 3.25. The number of hydrogen-bond acceptors (Lipinski definition) is 5. The first-order valence-corrected chi connectivity index (χ1v) is 6.05. The lowest BCUT2D eigenvalue weighted by Crippen LogP contribution is -2.36. The number of rotatable bonds is 3. The highest BCUT2D eigenvalue weighted by Crippen LogP contribution is 2.42.